The van der Waals surface area contributed by atoms with Crippen LogP contribution in [0.4, 0.5) is 5.69 Å². The fourth-order valence-corrected chi connectivity index (χ4v) is 3.70. The van der Waals surface area contributed by atoms with Crippen molar-refractivity contribution in [2.75, 3.05) is 18.7 Å². The third-order valence-corrected chi connectivity index (χ3v) is 5.59. The number of benzene rings is 2. The number of carbonyl (C=O) groups excluding carboxylic acids is 1. The minimum Gasteiger partial charge on any atom is -0.493 e. The normalized spacial score (nSPS) is 15.2. The number of methoxy groups -OCH3 is 1. The molecule has 0 bridgehead atoms. The Morgan fingerprint density at radius 3 is 2.52 bits per heavy atom. The van der Waals surface area contributed by atoms with Crippen LogP contribution in [0.25, 0.3) is 6.08 Å². The van der Waals surface area contributed by atoms with E-state index in [1.807, 2.05) is 0 Å². The van der Waals surface area contributed by atoms with E-state index in [9.17, 15) is 13.2 Å². The maximum Gasteiger partial charge on any atom is 0.280 e. The lowest BCUT2D eigenvalue weighted by molar-refractivity contribution is -0.114. The molecule has 31 heavy (non-hydrogen) atoms. The Morgan fingerprint density at radius 1 is 1.26 bits per heavy atom. The van der Waals surface area contributed by atoms with Gasteiger partial charge in [-0.25, -0.2) is 13.6 Å². The number of nitrogens with zero attached hydrogens (tertiary/aromatic N) is 2. The van der Waals surface area contributed by atoms with Gasteiger partial charge in [-0.05, 0) is 55.0 Å². The van der Waals surface area contributed by atoms with Crippen molar-refractivity contribution in [3.05, 3.63) is 65.2 Å². The third-order valence-electron chi connectivity index (χ3n) is 4.38. The summed E-state index contributed by atoms with van der Waals surface area (Å²) in [6.45, 7) is 5.56. The van der Waals surface area contributed by atoms with Crippen molar-refractivity contribution in [2.45, 2.75) is 11.8 Å². The topological polar surface area (TPSA) is 111 Å². The van der Waals surface area contributed by atoms with Crippen LogP contribution in [0.1, 0.15) is 12.5 Å². The zero-order valence-electron chi connectivity index (χ0n) is 16.8. The molecule has 3 rings (SSSR count). The van der Waals surface area contributed by atoms with E-state index in [1.54, 1.807) is 31.2 Å². The first-order valence-corrected chi connectivity index (χ1v) is 10.9. The second kappa shape index (κ2) is 8.93. The Kier molecular flexibility index (Phi) is 6.49. The van der Waals surface area contributed by atoms with E-state index in [0.717, 1.165) is 0 Å². The highest BCUT2D eigenvalue weighted by atomic mass is 35.5. The van der Waals surface area contributed by atoms with Crippen molar-refractivity contribution >= 4 is 45.0 Å². The summed E-state index contributed by atoms with van der Waals surface area (Å²) in [5, 5.41) is 10.9. The van der Waals surface area contributed by atoms with Crippen LogP contribution in [0.3, 0.4) is 0 Å². The van der Waals surface area contributed by atoms with Crippen molar-refractivity contribution in [2.24, 2.45) is 10.2 Å². The van der Waals surface area contributed by atoms with Crippen molar-refractivity contribution in [3.63, 3.8) is 0 Å². The quantitative estimate of drug-likeness (QED) is 0.502. The first kappa shape index (κ1) is 22.5. The molecule has 0 unspecified atom stereocenters. The summed E-state index contributed by atoms with van der Waals surface area (Å²) in [4.78, 5) is 12.9. The molecule has 0 saturated carbocycles. The lowest BCUT2D eigenvalue weighted by atomic mass is 10.1. The van der Waals surface area contributed by atoms with Crippen LogP contribution in [-0.4, -0.2) is 33.8 Å². The first-order valence-electron chi connectivity index (χ1n) is 9.01. The van der Waals surface area contributed by atoms with Gasteiger partial charge in [-0.3, -0.25) is 4.79 Å². The number of carbonyl (C=O) groups is 1. The lowest BCUT2D eigenvalue weighted by Gasteiger charge is -2.13. The van der Waals surface area contributed by atoms with E-state index in [1.165, 1.54) is 36.4 Å². The molecular formula is C21H20ClN3O5S. The second-order valence-electron chi connectivity index (χ2n) is 6.53. The fraction of sp³-hybridized carbons (Fsp3) is 0.143. The van der Waals surface area contributed by atoms with Gasteiger partial charge >= 0.3 is 0 Å². The molecule has 1 heterocycles. The molecule has 10 heteroatoms. The number of halogens is 1. The summed E-state index contributed by atoms with van der Waals surface area (Å²) in [6.07, 6.45) is 3.23. The van der Waals surface area contributed by atoms with Crippen molar-refractivity contribution in [3.8, 4) is 11.5 Å². The molecule has 8 nitrogen and oxygen atoms in total. The molecule has 1 amide bonds. The summed E-state index contributed by atoms with van der Waals surface area (Å²) in [5.41, 5.74) is 1.87. The highest BCUT2D eigenvalue weighted by molar-refractivity contribution is 7.89. The molecule has 0 fully saturated rings. The lowest BCUT2D eigenvalue weighted by Crippen LogP contribution is -2.21. The molecule has 2 aromatic rings. The standard InChI is InChI=1S/C21H20ClN3O5S/c1-4-9-30-20-18(22)11-14(12-19(20)29-3)10-17-13(2)24-25(21(17)26)15-5-7-16(8-6-15)31(23,27)28/h4-8,10-12H,1,9H2,2-3H3,(H2,23,27,28)/b17-10-. The zero-order chi connectivity index (χ0) is 22.8. The van der Waals surface area contributed by atoms with Gasteiger partial charge in [0.2, 0.25) is 10.0 Å². The largest absolute Gasteiger partial charge is 0.493 e. The second-order valence-corrected chi connectivity index (χ2v) is 8.50. The van der Waals surface area contributed by atoms with Gasteiger partial charge in [0.1, 0.15) is 6.61 Å². The zero-order valence-corrected chi connectivity index (χ0v) is 18.4. The van der Waals surface area contributed by atoms with E-state index in [2.05, 4.69) is 11.7 Å². The molecule has 0 saturated heterocycles. The van der Waals surface area contributed by atoms with Gasteiger partial charge in [-0.15, -0.1) is 0 Å². The van der Waals surface area contributed by atoms with Crippen molar-refractivity contribution < 1.29 is 22.7 Å². The molecule has 2 N–H and O–H groups in total. The molecule has 0 aromatic heterocycles. The number of hydrazone groups is 1. The summed E-state index contributed by atoms with van der Waals surface area (Å²) in [5.74, 6) is 0.422. The summed E-state index contributed by atoms with van der Waals surface area (Å²) in [6, 6.07) is 8.90. The first-order chi connectivity index (χ1) is 14.7. The van der Waals surface area contributed by atoms with E-state index in [0.29, 0.717) is 39.1 Å². The van der Waals surface area contributed by atoms with Crippen LogP contribution in [-0.2, 0) is 14.8 Å². The number of anilines is 1. The number of primary sulfonamides is 1. The summed E-state index contributed by atoms with van der Waals surface area (Å²) >= 11 is 6.33. The van der Waals surface area contributed by atoms with Gasteiger partial charge in [0.15, 0.2) is 11.5 Å². The van der Waals surface area contributed by atoms with Crippen molar-refractivity contribution in [1.29, 1.82) is 0 Å². The van der Waals surface area contributed by atoms with Crippen LogP contribution < -0.4 is 19.6 Å². The minimum absolute atomic E-state index is 0.0557. The molecule has 0 radical (unpaired) electrons. The molecule has 2 aromatic carbocycles. The van der Waals surface area contributed by atoms with Crippen LogP contribution in [0.2, 0.25) is 5.02 Å². The smallest absolute Gasteiger partial charge is 0.280 e. The monoisotopic (exact) mass is 461 g/mol. The predicted octanol–water partition coefficient (Wildman–Crippen LogP) is 3.37. The number of amides is 1. The number of rotatable bonds is 7. The van der Waals surface area contributed by atoms with Crippen LogP contribution in [0.5, 0.6) is 11.5 Å². The molecule has 162 valence electrons. The average Bonchev–Trinajstić information content (AvgIpc) is 3.00. The number of hydrogen-bond acceptors (Lipinski definition) is 6. The SMILES string of the molecule is C=CCOc1c(Cl)cc(/C=C2\C(=O)N(c3ccc(S(N)(=O)=O)cc3)N=C2C)cc1OC. The number of hydrogen-bond donors (Lipinski definition) is 1. The predicted molar refractivity (Wildman–Crippen MR) is 120 cm³/mol. The Morgan fingerprint density at radius 2 is 1.94 bits per heavy atom. The summed E-state index contributed by atoms with van der Waals surface area (Å²) in [7, 11) is -2.34. The van der Waals surface area contributed by atoms with Crippen LogP contribution in [0.15, 0.2) is 64.6 Å². The van der Waals surface area contributed by atoms with Crippen LogP contribution >= 0.6 is 11.6 Å². The molecule has 1 aliphatic rings. The Bertz CT molecular complexity index is 1200. The number of sulfonamides is 1. The highest BCUT2D eigenvalue weighted by Gasteiger charge is 2.29. The van der Waals surface area contributed by atoms with E-state index >= 15 is 0 Å². The van der Waals surface area contributed by atoms with E-state index in [4.69, 9.17) is 26.2 Å². The molecular weight excluding hydrogens is 442 g/mol. The Balaban J connectivity index is 1.93. The Labute approximate surface area is 185 Å². The van der Waals surface area contributed by atoms with Gasteiger partial charge in [0.25, 0.3) is 5.91 Å². The third kappa shape index (κ3) is 4.79. The van der Waals surface area contributed by atoms with Gasteiger partial charge in [0, 0.05) is 0 Å². The molecule has 0 spiro atoms. The molecule has 1 aliphatic heterocycles. The van der Waals surface area contributed by atoms with Gasteiger partial charge in [0.05, 0.1) is 34.0 Å². The van der Waals surface area contributed by atoms with E-state index < -0.39 is 10.0 Å². The van der Waals surface area contributed by atoms with Crippen LogP contribution in [0, 0.1) is 0 Å². The van der Waals surface area contributed by atoms with E-state index in [-0.39, 0.29) is 17.4 Å². The minimum atomic E-state index is -3.83. The molecule has 0 aliphatic carbocycles. The average molecular weight is 462 g/mol. The van der Waals surface area contributed by atoms with Gasteiger partial charge in [-0.2, -0.15) is 10.1 Å². The highest BCUT2D eigenvalue weighted by Crippen LogP contribution is 2.37. The van der Waals surface area contributed by atoms with Gasteiger partial charge < -0.3 is 9.47 Å². The fourth-order valence-electron chi connectivity index (χ4n) is 2.91. The van der Waals surface area contributed by atoms with Crippen molar-refractivity contribution in [1.82, 2.24) is 0 Å². The van der Waals surface area contributed by atoms with Gasteiger partial charge in [-0.1, -0.05) is 24.3 Å². The number of ether oxygens (including phenoxy) is 2. The maximum absolute atomic E-state index is 13.0. The molecule has 0 atom stereocenters. The summed E-state index contributed by atoms with van der Waals surface area (Å²) < 4.78 is 33.7. The number of nitrogens with two attached hydrogens (primary N) is 1. The maximum atomic E-state index is 13.0. The Hall–Kier alpha value is -3.14.